The second-order valence-electron chi connectivity index (χ2n) is 6.61. The number of hydrogen-bond donors (Lipinski definition) is 2. The van der Waals surface area contributed by atoms with E-state index >= 15 is 0 Å². The van der Waals surface area contributed by atoms with Crippen molar-refractivity contribution in [3.63, 3.8) is 0 Å². The first kappa shape index (κ1) is 23.8. The molecule has 0 aromatic heterocycles. The van der Waals surface area contributed by atoms with Gasteiger partial charge in [0.1, 0.15) is 0 Å². The van der Waals surface area contributed by atoms with Crippen molar-refractivity contribution in [3.05, 3.63) is 138 Å². The van der Waals surface area contributed by atoms with E-state index in [1.807, 2.05) is 36.4 Å². The quantitative estimate of drug-likeness (QED) is 0.151. The number of thioether (sulfide) groups is 1. The highest BCUT2D eigenvalue weighted by Crippen LogP contribution is 2.32. The van der Waals surface area contributed by atoms with E-state index in [1.165, 1.54) is 0 Å². The lowest BCUT2D eigenvalue weighted by molar-refractivity contribution is -0.430. The molecule has 8 nitrogen and oxygen atoms in total. The van der Waals surface area contributed by atoms with E-state index < -0.39 is 26.4 Å². The van der Waals surface area contributed by atoms with Gasteiger partial charge in [-0.3, -0.25) is 20.2 Å². The molecule has 0 amide bonds. The Morgan fingerprint density at radius 3 is 1.73 bits per heavy atom. The first-order valence-electron chi connectivity index (χ1n) is 9.69. The molecule has 0 fully saturated rings. The predicted molar refractivity (Wildman–Crippen MR) is 132 cm³/mol. The van der Waals surface area contributed by atoms with Gasteiger partial charge < -0.3 is 10.6 Å². The fourth-order valence-corrected chi connectivity index (χ4v) is 3.94. The van der Waals surface area contributed by atoms with Gasteiger partial charge in [-0.15, -0.1) is 0 Å². The minimum Gasteiger partial charge on any atom is -0.344 e. The summed E-state index contributed by atoms with van der Waals surface area (Å²) in [5.41, 5.74) is 0.976. The molecule has 0 aliphatic rings. The van der Waals surface area contributed by atoms with Crippen molar-refractivity contribution in [1.82, 2.24) is 0 Å². The summed E-state index contributed by atoms with van der Waals surface area (Å²) in [5, 5.41) is 28.8. The third-order valence-electron chi connectivity index (χ3n) is 4.30. The molecule has 0 heterocycles. The van der Waals surface area contributed by atoms with E-state index in [9.17, 15) is 20.2 Å². The van der Waals surface area contributed by atoms with Gasteiger partial charge in [-0.05, 0) is 41.4 Å². The summed E-state index contributed by atoms with van der Waals surface area (Å²) in [4.78, 5) is 22.2. The molecular formula is C23H19ClN4O4S. The molecule has 0 saturated carbocycles. The molecule has 0 aliphatic heterocycles. The standard InChI is InChI=1S/C23H19ClN4O4S/c24-22(28(31)32)20(25-18-12-6-2-7-13-18)21(27(29)30)23(26-19-14-8-3-9-15-19)33-16-17-10-4-1-5-11-17/h1-15,25-26H,16H2/b22-20-,23-21-. The van der Waals surface area contributed by atoms with Gasteiger partial charge in [0.05, 0.1) is 9.85 Å². The highest BCUT2D eigenvalue weighted by molar-refractivity contribution is 8.02. The normalized spacial score (nSPS) is 12.3. The van der Waals surface area contributed by atoms with Crippen LogP contribution >= 0.6 is 23.4 Å². The van der Waals surface area contributed by atoms with Gasteiger partial charge in [-0.2, -0.15) is 0 Å². The monoisotopic (exact) mass is 482 g/mol. The van der Waals surface area contributed by atoms with Gasteiger partial charge in [0.25, 0.3) is 0 Å². The van der Waals surface area contributed by atoms with E-state index in [0.717, 1.165) is 17.3 Å². The minimum absolute atomic E-state index is 0.105. The Morgan fingerprint density at radius 1 is 0.758 bits per heavy atom. The van der Waals surface area contributed by atoms with Crippen molar-refractivity contribution in [3.8, 4) is 0 Å². The van der Waals surface area contributed by atoms with Crippen molar-refractivity contribution in [2.75, 3.05) is 10.6 Å². The van der Waals surface area contributed by atoms with Crippen molar-refractivity contribution in [2.45, 2.75) is 5.75 Å². The summed E-state index contributed by atoms with van der Waals surface area (Å²) in [6, 6.07) is 26.6. The topological polar surface area (TPSA) is 110 Å². The highest BCUT2D eigenvalue weighted by atomic mass is 35.5. The second-order valence-corrected chi connectivity index (χ2v) is 7.96. The zero-order valence-electron chi connectivity index (χ0n) is 17.2. The van der Waals surface area contributed by atoms with Crippen LogP contribution in [0.3, 0.4) is 0 Å². The molecule has 0 atom stereocenters. The lowest BCUT2D eigenvalue weighted by Gasteiger charge is -2.14. The minimum atomic E-state index is -0.891. The summed E-state index contributed by atoms with van der Waals surface area (Å²) in [6.45, 7) is 0. The lowest BCUT2D eigenvalue weighted by atomic mass is 10.2. The molecule has 0 saturated heterocycles. The second kappa shape index (κ2) is 11.7. The Balaban J connectivity index is 2.12. The van der Waals surface area contributed by atoms with Crippen LogP contribution in [0.1, 0.15) is 5.56 Å². The first-order chi connectivity index (χ1) is 16.0. The molecule has 168 valence electrons. The van der Waals surface area contributed by atoms with Crippen LogP contribution < -0.4 is 10.6 Å². The summed E-state index contributed by atoms with van der Waals surface area (Å²) in [7, 11) is 0. The van der Waals surface area contributed by atoms with Gasteiger partial charge in [0.15, 0.2) is 5.03 Å². The number of halogens is 1. The summed E-state index contributed by atoms with van der Waals surface area (Å²) >= 11 is 7.12. The van der Waals surface area contributed by atoms with Gasteiger partial charge in [0.2, 0.25) is 5.70 Å². The number of anilines is 2. The van der Waals surface area contributed by atoms with Crippen LogP contribution in [0.5, 0.6) is 0 Å². The third kappa shape index (κ3) is 6.83. The Kier molecular flexibility index (Phi) is 8.45. The molecule has 33 heavy (non-hydrogen) atoms. The Bertz CT molecular complexity index is 1170. The van der Waals surface area contributed by atoms with Crippen LogP contribution in [0.4, 0.5) is 11.4 Å². The van der Waals surface area contributed by atoms with Crippen LogP contribution in [0, 0.1) is 20.2 Å². The van der Waals surface area contributed by atoms with Crippen molar-refractivity contribution in [2.24, 2.45) is 0 Å². The number of nitro groups is 2. The molecule has 0 radical (unpaired) electrons. The maximum absolute atomic E-state index is 12.2. The zero-order valence-corrected chi connectivity index (χ0v) is 18.8. The fraction of sp³-hybridized carbons (Fsp3) is 0.0435. The number of benzene rings is 3. The van der Waals surface area contributed by atoms with E-state index in [2.05, 4.69) is 10.6 Å². The van der Waals surface area contributed by atoms with Crippen LogP contribution in [0.25, 0.3) is 0 Å². The van der Waals surface area contributed by atoms with E-state index in [0.29, 0.717) is 17.1 Å². The highest BCUT2D eigenvalue weighted by Gasteiger charge is 2.33. The van der Waals surface area contributed by atoms with Crippen LogP contribution in [-0.2, 0) is 5.75 Å². The summed E-state index contributed by atoms with van der Waals surface area (Å²) in [6.07, 6.45) is 0. The maximum Gasteiger partial charge on any atom is 0.367 e. The van der Waals surface area contributed by atoms with Gasteiger partial charge in [-0.1, -0.05) is 78.5 Å². The molecule has 0 aliphatic carbocycles. The molecule has 3 aromatic rings. The fourth-order valence-electron chi connectivity index (χ4n) is 2.80. The Hall–Kier alpha value is -3.82. The maximum atomic E-state index is 12.2. The predicted octanol–water partition coefficient (Wildman–Crippen LogP) is 6.27. The molecule has 10 heteroatoms. The Labute approximate surface area is 199 Å². The molecule has 0 unspecified atom stereocenters. The molecule has 3 aromatic carbocycles. The Morgan fingerprint density at radius 2 is 1.24 bits per heavy atom. The average Bonchev–Trinajstić information content (AvgIpc) is 2.83. The van der Waals surface area contributed by atoms with Gasteiger partial charge in [0, 0.05) is 17.1 Å². The SMILES string of the molecule is O=[N+]([O-])C(=C(/Nc1ccccc1)SCc1ccccc1)/C(Nc1ccccc1)=C(\Cl)[N+](=O)[O-]. The summed E-state index contributed by atoms with van der Waals surface area (Å²) in [5.74, 6) is 0.391. The smallest absolute Gasteiger partial charge is 0.344 e. The van der Waals surface area contributed by atoms with Gasteiger partial charge >= 0.3 is 10.9 Å². The molecule has 0 bridgehead atoms. The van der Waals surface area contributed by atoms with E-state index in [-0.39, 0.29) is 5.03 Å². The average molecular weight is 483 g/mol. The number of rotatable bonds is 10. The first-order valence-corrected chi connectivity index (χ1v) is 11.1. The third-order valence-corrected chi connectivity index (χ3v) is 5.69. The van der Waals surface area contributed by atoms with Crippen molar-refractivity contribution >= 4 is 34.7 Å². The molecule has 3 rings (SSSR count). The van der Waals surface area contributed by atoms with Crippen LogP contribution in [0.2, 0.25) is 0 Å². The number of nitrogens with one attached hydrogen (secondary N) is 2. The number of hydrogen-bond acceptors (Lipinski definition) is 7. The summed E-state index contributed by atoms with van der Waals surface area (Å²) < 4.78 is 0. The van der Waals surface area contributed by atoms with Crippen molar-refractivity contribution in [1.29, 1.82) is 0 Å². The van der Waals surface area contributed by atoms with Crippen LogP contribution in [-0.4, -0.2) is 9.85 Å². The van der Waals surface area contributed by atoms with Crippen molar-refractivity contribution < 1.29 is 9.85 Å². The molecular weight excluding hydrogens is 464 g/mol. The van der Waals surface area contributed by atoms with E-state index in [4.69, 9.17) is 11.6 Å². The number of para-hydroxylation sites is 2. The van der Waals surface area contributed by atoms with E-state index in [1.54, 1.807) is 54.6 Å². The lowest BCUT2D eigenvalue weighted by Crippen LogP contribution is -2.18. The zero-order chi connectivity index (χ0) is 23.6. The molecule has 2 N–H and O–H groups in total. The molecule has 0 spiro atoms. The van der Waals surface area contributed by atoms with Crippen LogP contribution in [0.15, 0.2) is 113 Å². The largest absolute Gasteiger partial charge is 0.367 e. The van der Waals surface area contributed by atoms with Gasteiger partial charge in [-0.25, -0.2) is 0 Å². The number of nitrogens with zero attached hydrogens (tertiary/aromatic N) is 2.